The minimum Gasteiger partial charge on any atom is -0.493 e. The number of hydrogen-bond acceptors (Lipinski definition) is 6. The summed E-state index contributed by atoms with van der Waals surface area (Å²) >= 11 is 0. The summed E-state index contributed by atoms with van der Waals surface area (Å²) in [5, 5.41) is 0. The lowest BCUT2D eigenvalue weighted by molar-refractivity contribution is 0.0542. The Kier molecular flexibility index (Phi) is 8.67. The van der Waals surface area contributed by atoms with Gasteiger partial charge in [-0.1, -0.05) is 25.5 Å². The Balaban J connectivity index is 1.18. The van der Waals surface area contributed by atoms with Gasteiger partial charge in [-0.3, -0.25) is 14.7 Å². The summed E-state index contributed by atoms with van der Waals surface area (Å²) in [5.41, 5.74) is 5.23. The van der Waals surface area contributed by atoms with Gasteiger partial charge in [0.25, 0.3) is 5.91 Å². The number of amides is 1. The minimum atomic E-state index is -0.468. The largest absolute Gasteiger partial charge is 0.493 e. The Morgan fingerprint density at radius 3 is 2.39 bits per heavy atom. The second-order valence-electron chi connectivity index (χ2n) is 12.1. The normalized spacial score (nSPS) is 17.5. The molecule has 0 spiro atoms. The van der Waals surface area contributed by atoms with E-state index in [0.29, 0.717) is 59.8 Å². The Hall–Kier alpha value is -3.85. The van der Waals surface area contributed by atoms with Gasteiger partial charge in [0.15, 0.2) is 11.6 Å². The van der Waals surface area contributed by atoms with Gasteiger partial charge in [-0.15, -0.1) is 0 Å². The Bertz CT molecular complexity index is 1560. The van der Waals surface area contributed by atoms with Crippen molar-refractivity contribution < 1.29 is 27.8 Å². The van der Waals surface area contributed by atoms with E-state index in [1.165, 1.54) is 26.4 Å². The standard InChI is InChI=1S/C35H39F2N3O4/c1-4-5-29-28(35(42)44-3)19-27-30(38-29)14-17-40(34(27)41)25-12-15-39(16-13-25)20-23-18-26(21-6-7-21)31(32(37)33(23)43-2)22-8-10-24(36)11-9-22/h8-11,18-19,21,25H,4-7,12-17,20H2,1-3H3. The van der Waals surface area contributed by atoms with Crippen LogP contribution in [0.15, 0.2) is 36.4 Å². The summed E-state index contributed by atoms with van der Waals surface area (Å²) in [5.74, 6) is -0.777. The number of methoxy groups -OCH3 is 2. The zero-order chi connectivity index (χ0) is 31.0. The lowest BCUT2D eigenvalue weighted by Gasteiger charge is -2.40. The molecular weight excluding hydrogens is 564 g/mol. The molecule has 3 aromatic rings. The van der Waals surface area contributed by atoms with E-state index in [1.807, 2.05) is 11.8 Å². The Morgan fingerprint density at radius 2 is 1.75 bits per heavy atom. The van der Waals surface area contributed by atoms with Gasteiger partial charge in [0.05, 0.1) is 36.7 Å². The fourth-order valence-corrected chi connectivity index (χ4v) is 6.82. The number of aryl methyl sites for hydroxylation is 1. The van der Waals surface area contributed by atoms with Crippen LogP contribution in [0.2, 0.25) is 0 Å². The highest BCUT2D eigenvalue weighted by molar-refractivity contribution is 6.00. The summed E-state index contributed by atoms with van der Waals surface area (Å²) in [7, 11) is 2.83. The molecule has 3 aliphatic rings. The molecule has 1 aliphatic carbocycles. The Labute approximate surface area is 257 Å². The van der Waals surface area contributed by atoms with E-state index < -0.39 is 11.8 Å². The average molecular weight is 604 g/mol. The fraction of sp³-hybridized carbons (Fsp3) is 0.457. The summed E-state index contributed by atoms with van der Waals surface area (Å²) < 4.78 is 40.2. The van der Waals surface area contributed by atoms with Gasteiger partial charge >= 0.3 is 5.97 Å². The minimum absolute atomic E-state index is 0.0744. The number of fused-ring (bicyclic) bond motifs is 1. The third-order valence-corrected chi connectivity index (χ3v) is 9.23. The molecule has 1 saturated carbocycles. The van der Waals surface area contributed by atoms with Gasteiger partial charge in [-0.05, 0) is 73.4 Å². The summed E-state index contributed by atoms with van der Waals surface area (Å²) in [6, 6.07) is 9.80. The van der Waals surface area contributed by atoms with E-state index in [9.17, 15) is 14.0 Å². The number of rotatable bonds is 9. The maximum absolute atomic E-state index is 16.0. The molecule has 2 aliphatic heterocycles. The monoisotopic (exact) mass is 603 g/mol. The summed E-state index contributed by atoms with van der Waals surface area (Å²) in [6.07, 6.45) is 5.75. The van der Waals surface area contributed by atoms with Crippen molar-refractivity contribution in [3.8, 4) is 16.9 Å². The van der Waals surface area contributed by atoms with E-state index >= 15 is 4.39 Å². The van der Waals surface area contributed by atoms with Crippen LogP contribution in [0.25, 0.3) is 11.1 Å². The molecule has 0 atom stereocenters. The highest BCUT2D eigenvalue weighted by Crippen LogP contribution is 2.48. The average Bonchev–Trinajstić information content (AvgIpc) is 3.88. The molecule has 232 valence electrons. The molecule has 2 aromatic carbocycles. The first-order chi connectivity index (χ1) is 21.3. The smallest absolute Gasteiger partial charge is 0.339 e. The van der Waals surface area contributed by atoms with E-state index in [1.54, 1.807) is 18.2 Å². The van der Waals surface area contributed by atoms with Gasteiger partial charge < -0.3 is 14.4 Å². The number of piperidine rings is 1. The van der Waals surface area contributed by atoms with Gasteiger partial charge in [0.2, 0.25) is 0 Å². The first-order valence-electron chi connectivity index (χ1n) is 15.6. The van der Waals surface area contributed by atoms with Crippen LogP contribution in [0.3, 0.4) is 0 Å². The molecule has 0 radical (unpaired) electrons. The lowest BCUT2D eigenvalue weighted by atomic mass is 9.92. The number of nitrogens with zero attached hydrogens (tertiary/aromatic N) is 3. The molecule has 0 N–H and O–H groups in total. The Morgan fingerprint density at radius 1 is 1.02 bits per heavy atom. The molecule has 7 nitrogen and oxygen atoms in total. The number of halogens is 2. The third-order valence-electron chi connectivity index (χ3n) is 9.23. The predicted molar refractivity (Wildman–Crippen MR) is 163 cm³/mol. The van der Waals surface area contributed by atoms with Crippen LogP contribution >= 0.6 is 0 Å². The third kappa shape index (κ3) is 5.82. The lowest BCUT2D eigenvalue weighted by Crippen LogP contribution is -2.50. The first-order valence-corrected chi connectivity index (χ1v) is 15.6. The molecule has 6 rings (SSSR count). The van der Waals surface area contributed by atoms with Crippen molar-refractivity contribution in [1.82, 2.24) is 14.8 Å². The van der Waals surface area contributed by atoms with Crippen molar-refractivity contribution in [2.75, 3.05) is 33.9 Å². The van der Waals surface area contributed by atoms with Gasteiger partial charge in [-0.25, -0.2) is 13.6 Å². The van der Waals surface area contributed by atoms with E-state index in [0.717, 1.165) is 62.0 Å². The number of hydrogen-bond donors (Lipinski definition) is 0. The zero-order valence-electron chi connectivity index (χ0n) is 25.6. The zero-order valence-corrected chi connectivity index (χ0v) is 25.6. The molecule has 0 bridgehead atoms. The number of carbonyl (C=O) groups is 2. The van der Waals surface area contributed by atoms with Gasteiger partial charge in [0, 0.05) is 49.8 Å². The maximum Gasteiger partial charge on any atom is 0.339 e. The first kappa shape index (κ1) is 30.2. The van der Waals surface area contributed by atoms with Gasteiger partial charge in [-0.2, -0.15) is 0 Å². The molecule has 2 fully saturated rings. The molecular formula is C35H39F2N3O4. The fourth-order valence-electron chi connectivity index (χ4n) is 6.82. The van der Waals surface area contributed by atoms with Crippen molar-refractivity contribution in [3.05, 3.63) is 81.7 Å². The molecule has 44 heavy (non-hydrogen) atoms. The number of likely N-dealkylation sites (tertiary alicyclic amines) is 1. The number of benzene rings is 2. The van der Waals surface area contributed by atoms with E-state index in [-0.39, 0.29) is 23.5 Å². The summed E-state index contributed by atoms with van der Waals surface area (Å²) in [6.45, 7) is 4.68. The van der Waals surface area contributed by atoms with Crippen LogP contribution in [0, 0.1) is 11.6 Å². The van der Waals surface area contributed by atoms with E-state index in [4.69, 9.17) is 14.5 Å². The predicted octanol–water partition coefficient (Wildman–Crippen LogP) is 6.31. The summed E-state index contributed by atoms with van der Waals surface area (Å²) in [4.78, 5) is 35.1. The van der Waals surface area contributed by atoms with Crippen LogP contribution in [0.4, 0.5) is 8.78 Å². The van der Waals surface area contributed by atoms with Crippen LogP contribution < -0.4 is 4.74 Å². The van der Waals surface area contributed by atoms with E-state index in [2.05, 4.69) is 11.0 Å². The number of pyridine rings is 1. The second kappa shape index (κ2) is 12.6. The molecule has 3 heterocycles. The number of ether oxygens (including phenoxy) is 2. The second-order valence-corrected chi connectivity index (χ2v) is 12.1. The van der Waals surface area contributed by atoms with Crippen LogP contribution in [0.1, 0.15) is 88.2 Å². The van der Waals surface area contributed by atoms with Gasteiger partial charge in [0.1, 0.15) is 5.82 Å². The van der Waals surface area contributed by atoms with Crippen molar-refractivity contribution in [2.24, 2.45) is 0 Å². The SMILES string of the molecule is CCCc1nc2c(cc1C(=O)OC)C(=O)N(C1CCN(Cc3cc(C4CC4)c(-c4ccc(F)cc4)c(F)c3OC)CC1)CC2. The highest BCUT2D eigenvalue weighted by Gasteiger charge is 2.35. The quantitative estimate of drug-likeness (QED) is 0.267. The topological polar surface area (TPSA) is 72.0 Å². The maximum atomic E-state index is 16.0. The van der Waals surface area contributed by atoms with Crippen molar-refractivity contribution in [1.29, 1.82) is 0 Å². The van der Waals surface area contributed by atoms with Crippen LogP contribution in [-0.4, -0.2) is 66.6 Å². The highest BCUT2D eigenvalue weighted by atomic mass is 19.1. The van der Waals surface area contributed by atoms with Crippen molar-refractivity contribution in [2.45, 2.75) is 70.4 Å². The number of carbonyl (C=O) groups excluding carboxylic acids is 2. The van der Waals surface area contributed by atoms with Crippen LogP contribution in [-0.2, 0) is 24.1 Å². The number of esters is 1. The van der Waals surface area contributed by atoms with Crippen molar-refractivity contribution >= 4 is 11.9 Å². The van der Waals surface area contributed by atoms with Crippen LogP contribution in [0.5, 0.6) is 5.75 Å². The molecule has 1 amide bonds. The molecule has 0 unspecified atom stereocenters. The number of aromatic nitrogens is 1. The molecule has 1 saturated heterocycles. The molecule has 9 heteroatoms. The molecule has 1 aromatic heterocycles. The van der Waals surface area contributed by atoms with Crippen molar-refractivity contribution in [3.63, 3.8) is 0 Å².